The highest BCUT2D eigenvalue weighted by Crippen LogP contribution is 1.95. The van der Waals surface area contributed by atoms with Gasteiger partial charge in [-0.1, -0.05) is 0 Å². The fraction of sp³-hybridized carbons (Fsp3) is 0.500. The molecule has 0 spiro atoms. The Morgan fingerprint density at radius 3 is 2.71 bits per heavy atom. The zero-order chi connectivity index (χ0) is 10.7. The predicted molar refractivity (Wildman–Crippen MR) is 46.4 cm³/mol. The van der Waals surface area contributed by atoms with Crippen LogP contribution in [0.1, 0.15) is 12.6 Å². The Labute approximate surface area is 79.5 Å². The lowest BCUT2D eigenvalue weighted by Crippen LogP contribution is -2.24. The number of carbonyl (C=O) groups is 1. The van der Waals surface area contributed by atoms with E-state index in [1.54, 1.807) is 6.92 Å². The molecular weight excluding hydrogens is 191 g/mol. The quantitative estimate of drug-likeness (QED) is 0.711. The lowest BCUT2D eigenvalue weighted by molar-refractivity contribution is -0.144. The van der Waals surface area contributed by atoms with Crippen molar-refractivity contribution in [2.45, 2.75) is 20.4 Å². The third-order valence-electron chi connectivity index (χ3n) is 1.66. The summed E-state index contributed by atoms with van der Waals surface area (Å²) in [6.07, 6.45) is 0. The molecule has 0 aliphatic carbocycles. The van der Waals surface area contributed by atoms with Crippen LogP contribution in [0.15, 0.2) is 4.79 Å². The monoisotopic (exact) mass is 202 g/mol. The van der Waals surface area contributed by atoms with Gasteiger partial charge in [0.2, 0.25) is 5.82 Å². The van der Waals surface area contributed by atoms with Crippen molar-refractivity contribution in [2.75, 3.05) is 6.61 Å². The topological polar surface area (TPSA) is 64.1 Å². The van der Waals surface area contributed by atoms with E-state index in [0.717, 1.165) is 4.68 Å². The van der Waals surface area contributed by atoms with E-state index in [1.165, 1.54) is 6.92 Å². The molecule has 0 aromatic carbocycles. The largest absolute Gasteiger partial charge is 0.465 e. The first-order chi connectivity index (χ1) is 6.56. The number of carbonyl (C=O) groups excluding carboxylic acids is 1. The number of ether oxygens (including phenoxy) is 1. The van der Waals surface area contributed by atoms with Crippen molar-refractivity contribution in [3.05, 3.63) is 21.9 Å². The van der Waals surface area contributed by atoms with Crippen LogP contribution in [0.3, 0.4) is 0 Å². The van der Waals surface area contributed by atoms with Gasteiger partial charge in [0.1, 0.15) is 6.54 Å². The average Bonchev–Trinajstić information content (AvgIpc) is 2.34. The smallest absolute Gasteiger partial charge is 0.327 e. The van der Waals surface area contributed by atoms with Crippen molar-refractivity contribution in [3.8, 4) is 0 Å². The molecule has 14 heavy (non-hydrogen) atoms. The number of aromatic amines is 1. The molecule has 0 saturated carbocycles. The number of aryl methyl sites for hydroxylation is 1. The molecule has 1 rings (SSSR count). The molecule has 5 nitrogen and oxygen atoms in total. The summed E-state index contributed by atoms with van der Waals surface area (Å²) in [6, 6.07) is 0. The summed E-state index contributed by atoms with van der Waals surface area (Å²) in [4.78, 5) is 22.0. The molecule has 6 heteroatoms. The number of hydrogen-bond donors (Lipinski definition) is 1. The van der Waals surface area contributed by atoms with Gasteiger partial charge in [-0.05, 0) is 13.8 Å². The molecule has 0 radical (unpaired) electrons. The van der Waals surface area contributed by atoms with Crippen molar-refractivity contribution in [3.63, 3.8) is 0 Å². The van der Waals surface area contributed by atoms with Crippen LogP contribution in [-0.2, 0) is 16.1 Å². The lowest BCUT2D eigenvalue weighted by atomic mass is 10.5. The molecule has 0 aliphatic rings. The molecule has 0 amide bonds. The number of halogens is 1. The summed E-state index contributed by atoms with van der Waals surface area (Å²) in [5.41, 5.74) is -0.727. The Bertz CT molecular complexity index is 394. The van der Waals surface area contributed by atoms with Crippen LogP contribution in [-0.4, -0.2) is 22.4 Å². The molecule has 0 atom stereocenters. The van der Waals surface area contributed by atoms with Crippen LogP contribution in [0.5, 0.6) is 0 Å². The van der Waals surface area contributed by atoms with Crippen LogP contribution in [0.4, 0.5) is 4.39 Å². The fourth-order valence-corrected chi connectivity index (χ4v) is 1.03. The Morgan fingerprint density at radius 2 is 2.29 bits per heavy atom. The maximum absolute atomic E-state index is 12.9. The zero-order valence-corrected chi connectivity index (χ0v) is 7.96. The maximum Gasteiger partial charge on any atom is 0.327 e. The highest BCUT2D eigenvalue weighted by molar-refractivity contribution is 5.68. The summed E-state index contributed by atoms with van der Waals surface area (Å²) < 4.78 is 18.4. The van der Waals surface area contributed by atoms with Crippen LogP contribution in [0.25, 0.3) is 0 Å². The van der Waals surface area contributed by atoms with E-state index in [4.69, 9.17) is 0 Å². The predicted octanol–water partition coefficient (Wildman–Crippen LogP) is 0.187. The Hall–Kier alpha value is -1.59. The Morgan fingerprint density at radius 1 is 1.64 bits per heavy atom. The molecule has 0 saturated heterocycles. The Balaban J connectivity index is 2.83. The van der Waals surface area contributed by atoms with E-state index in [-0.39, 0.29) is 18.8 Å². The van der Waals surface area contributed by atoms with Crippen molar-refractivity contribution in [1.29, 1.82) is 0 Å². The number of hydrogen-bond acceptors (Lipinski definition) is 3. The SMILES string of the molecule is CCOC(=O)Cn1[nH]c(C)c(F)c1=O. The number of nitrogens with zero attached hydrogens (tertiary/aromatic N) is 1. The van der Waals surface area contributed by atoms with Crippen LogP contribution >= 0.6 is 0 Å². The maximum atomic E-state index is 12.9. The van der Waals surface area contributed by atoms with E-state index in [9.17, 15) is 14.0 Å². The molecule has 1 N–H and O–H groups in total. The molecule has 1 aromatic heterocycles. The second-order valence-corrected chi connectivity index (χ2v) is 2.75. The standard InChI is InChI=1S/C8H11FN2O3/c1-3-14-6(12)4-11-8(13)7(9)5(2)10-11/h10H,3-4H2,1-2H3. The van der Waals surface area contributed by atoms with E-state index < -0.39 is 17.3 Å². The first-order valence-electron chi connectivity index (χ1n) is 4.16. The third kappa shape index (κ3) is 2.01. The van der Waals surface area contributed by atoms with Crippen molar-refractivity contribution in [1.82, 2.24) is 9.78 Å². The number of rotatable bonds is 3. The molecule has 0 fully saturated rings. The first kappa shape index (κ1) is 10.5. The fourth-order valence-electron chi connectivity index (χ4n) is 1.03. The van der Waals surface area contributed by atoms with Crippen molar-refractivity contribution < 1.29 is 13.9 Å². The van der Waals surface area contributed by atoms with Crippen molar-refractivity contribution >= 4 is 5.97 Å². The average molecular weight is 202 g/mol. The van der Waals surface area contributed by atoms with E-state index in [1.807, 2.05) is 0 Å². The first-order valence-corrected chi connectivity index (χ1v) is 4.16. The molecule has 1 aromatic rings. The summed E-state index contributed by atoms with van der Waals surface area (Å²) in [5.74, 6) is -1.44. The third-order valence-corrected chi connectivity index (χ3v) is 1.66. The van der Waals surface area contributed by atoms with Gasteiger partial charge in [-0.15, -0.1) is 0 Å². The minimum Gasteiger partial charge on any atom is -0.465 e. The van der Waals surface area contributed by atoms with Gasteiger partial charge in [0, 0.05) is 0 Å². The van der Waals surface area contributed by atoms with Gasteiger partial charge in [-0.2, -0.15) is 4.39 Å². The summed E-state index contributed by atoms with van der Waals surface area (Å²) in [6.45, 7) is 3.01. The number of nitrogens with one attached hydrogen (secondary N) is 1. The number of H-pyrrole nitrogens is 1. The minimum atomic E-state index is -0.866. The van der Waals surface area contributed by atoms with Gasteiger partial charge in [0.25, 0.3) is 0 Å². The van der Waals surface area contributed by atoms with Gasteiger partial charge in [0.15, 0.2) is 0 Å². The highest BCUT2D eigenvalue weighted by Gasteiger charge is 2.12. The summed E-state index contributed by atoms with van der Waals surface area (Å²) in [7, 11) is 0. The summed E-state index contributed by atoms with van der Waals surface area (Å²) >= 11 is 0. The van der Waals surface area contributed by atoms with E-state index in [2.05, 4.69) is 9.84 Å². The number of aromatic nitrogens is 2. The molecule has 1 heterocycles. The van der Waals surface area contributed by atoms with Gasteiger partial charge >= 0.3 is 11.5 Å². The highest BCUT2D eigenvalue weighted by atomic mass is 19.1. The molecule has 0 bridgehead atoms. The van der Waals surface area contributed by atoms with Crippen LogP contribution in [0, 0.1) is 12.7 Å². The number of esters is 1. The molecule has 0 unspecified atom stereocenters. The Kier molecular flexibility index (Phi) is 3.06. The molecule has 78 valence electrons. The lowest BCUT2D eigenvalue weighted by Gasteiger charge is -2.00. The van der Waals surface area contributed by atoms with Crippen LogP contribution in [0.2, 0.25) is 0 Å². The van der Waals surface area contributed by atoms with Gasteiger partial charge < -0.3 is 4.74 Å². The van der Waals surface area contributed by atoms with E-state index in [0.29, 0.717) is 0 Å². The molecule has 0 aliphatic heterocycles. The second-order valence-electron chi connectivity index (χ2n) is 2.75. The van der Waals surface area contributed by atoms with Gasteiger partial charge in [-0.3, -0.25) is 14.7 Å². The van der Waals surface area contributed by atoms with Crippen LogP contribution < -0.4 is 5.56 Å². The second kappa shape index (κ2) is 4.08. The van der Waals surface area contributed by atoms with Gasteiger partial charge in [0.05, 0.1) is 12.3 Å². The zero-order valence-electron chi connectivity index (χ0n) is 7.96. The molecular formula is C8H11FN2O3. The van der Waals surface area contributed by atoms with Crippen molar-refractivity contribution in [2.24, 2.45) is 0 Å². The normalized spacial score (nSPS) is 10.2. The minimum absolute atomic E-state index is 0.110. The van der Waals surface area contributed by atoms with E-state index >= 15 is 0 Å². The van der Waals surface area contributed by atoms with Gasteiger partial charge in [-0.25, -0.2) is 4.68 Å². The summed E-state index contributed by atoms with van der Waals surface area (Å²) in [5, 5.41) is 2.43.